The van der Waals surface area contributed by atoms with Gasteiger partial charge in [0.05, 0.1) is 0 Å². The summed E-state index contributed by atoms with van der Waals surface area (Å²) in [7, 11) is 0. The number of rotatable bonds is 5. The summed E-state index contributed by atoms with van der Waals surface area (Å²) in [6, 6.07) is 7.64. The van der Waals surface area contributed by atoms with Crippen LogP contribution in [0, 0.1) is 0 Å². The predicted molar refractivity (Wildman–Crippen MR) is 71.4 cm³/mol. The van der Waals surface area contributed by atoms with Crippen LogP contribution in [0.4, 0.5) is 0 Å². The van der Waals surface area contributed by atoms with Gasteiger partial charge in [0, 0.05) is 10.0 Å². The van der Waals surface area contributed by atoms with Gasteiger partial charge >= 0.3 is 5.97 Å². The molecule has 17 heavy (non-hydrogen) atoms. The number of ether oxygens (including phenoxy) is 1. The van der Waals surface area contributed by atoms with Crippen molar-refractivity contribution in [2.45, 2.75) is 38.8 Å². The van der Waals surface area contributed by atoms with E-state index < -0.39 is 5.54 Å². The molecule has 94 valence electrons. The molecular weight excluding hydrogens is 282 g/mol. The van der Waals surface area contributed by atoms with E-state index in [1.165, 1.54) is 0 Å². The minimum atomic E-state index is -0.893. The molecule has 0 spiro atoms. The maximum Gasteiger partial charge on any atom is 0.326 e. The topological polar surface area (TPSA) is 52.3 Å². The summed E-state index contributed by atoms with van der Waals surface area (Å²) in [5, 5.41) is 0. The molecule has 0 aliphatic heterocycles. The van der Waals surface area contributed by atoms with E-state index in [0.29, 0.717) is 6.42 Å². The molecule has 1 atom stereocenters. The fourth-order valence-corrected chi connectivity index (χ4v) is 1.94. The van der Waals surface area contributed by atoms with Crippen molar-refractivity contribution >= 4 is 21.9 Å². The van der Waals surface area contributed by atoms with Gasteiger partial charge in [0.1, 0.15) is 12.1 Å². The van der Waals surface area contributed by atoms with Gasteiger partial charge in [-0.2, -0.15) is 0 Å². The average Bonchev–Trinajstić information content (AvgIpc) is 2.27. The molecule has 1 aromatic carbocycles. The molecule has 1 unspecified atom stereocenters. The fourth-order valence-electron chi connectivity index (χ4n) is 1.55. The molecule has 0 saturated carbocycles. The number of hydrogen-bond donors (Lipinski definition) is 1. The highest BCUT2D eigenvalue weighted by Crippen LogP contribution is 2.18. The Labute approximate surface area is 110 Å². The zero-order valence-electron chi connectivity index (χ0n) is 10.2. The Morgan fingerprint density at radius 2 is 2.12 bits per heavy atom. The van der Waals surface area contributed by atoms with Crippen molar-refractivity contribution in [3.63, 3.8) is 0 Å². The van der Waals surface area contributed by atoms with Crippen LogP contribution in [0.1, 0.15) is 32.3 Å². The van der Waals surface area contributed by atoms with Gasteiger partial charge in [-0.3, -0.25) is 4.79 Å². The lowest BCUT2D eigenvalue weighted by atomic mass is 9.98. The van der Waals surface area contributed by atoms with Gasteiger partial charge in [0.15, 0.2) is 0 Å². The molecule has 0 fully saturated rings. The highest BCUT2D eigenvalue weighted by Gasteiger charge is 2.28. The zero-order chi connectivity index (χ0) is 12.9. The molecule has 1 aromatic rings. The normalized spacial score (nSPS) is 14.1. The summed E-state index contributed by atoms with van der Waals surface area (Å²) >= 11 is 3.41. The van der Waals surface area contributed by atoms with Crippen molar-refractivity contribution in [2.75, 3.05) is 0 Å². The van der Waals surface area contributed by atoms with E-state index in [2.05, 4.69) is 15.9 Å². The SMILES string of the molecule is CCCC(C)(N)C(=O)OCc1ccccc1Br. The number of carbonyl (C=O) groups excluding carboxylic acids is 1. The second kappa shape index (κ2) is 6.17. The lowest BCUT2D eigenvalue weighted by Crippen LogP contribution is -2.45. The molecule has 3 nitrogen and oxygen atoms in total. The van der Waals surface area contributed by atoms with Crippen LogP contribution >= 0.6 is 15.9 Å². The molecular formula is C13H18BrNO2. The molecule has 0 amide bonds. The predicted octanol–water partition coefficient (Wildman–Crippen LogP) is 3.01. The van der Waals surface area contributed by atoms with Gasteiger partial charge in [0.25, 0.3) is 0 Å². The first-order chi connectivity index (χ1) is 7.97. The molecule has 1 rings (SSSR count). The standard InChI is InChI=1S/C13H18BrNO2/c1-3-8-13(2,15)12(16)17-9-10-6-4-5-7-11(10)14/h4-7H,3,8-9,15H2,1-2H3. The van der Waals surface area contributed by atoms with E-state index in [1.807, 2.05) is 31.2 Å². The van der Waals surface area contributed by atoms with Gasteiger partial charge in [0.2, 0.25) is 0 Å². The molecule has 0 aromatic heterocycles. The highest BCUT2D eigenvalue weighted by atomic mass is 79.9. The summed E-state index contributed by atoms with van der Waals surface area (Å²) in [5.41, 5.74) is 5.93. The summed E-state index contributed by atoms with van der Waals surface area (Å²) in [5.74, 6) is -0.352. The van der Waals surface area contributed by atoms with Crippen LogP contribution in [-0.2, 0) is 16.1 Å². The van der Waals surface area contributed by atoms with E-state index in [0.717, 1.165) is 16.5 Å². The van der Waals surface area contributed by atoms with Crippen molar-refractivity contribution in [3.8, 4) is 0 Å². The van der Waals surface area contributed by atoms with E-state index in [-0.39, 0.29) is 12.6 Å². The Balaban J connectivity index is 2.57. The van der Waals surface area contributed by atoms with Gasteiger partial charge in [-0.25, -0.2) is 0 Å². The maximum absolute atomic E-state index is 11.8. The third-order valence-electron chi connectivity index (χ3n) is 2.55. The Morgan fingerprint density at radius 3 is 2.71 bits per heavy atom. The second-order valence-corrected chi connectivity index (χ2v) is 5.19. The monoisotopic (exact) mass is 299 g/mol. The van der Waals surface area contributed by atoms with Gasteiger partial charge in [-0.15, -0.1) is 0 Å². The van der Waals surface area contributed by atoms with E-state index in [9.17, 15) is 4.79 Å². The third-order valence-corrected chi connectivity index (χ3v) is 3.33. The van der Waals surface area contributed by atoms with Crippen molar-refractivity contribution in [1.29, 1.82) is 0 Å². The van der Waals surface area contributed by atoms with Crippen LogP contribution in [-0.4, -0.2) is 11.5 Å². The number of carbonyl (C=O) groups is 1. The molecule has 0 saturated heterocycles. The average molecular weight is 300 g/mol. The Bertz CT molecular complexity index is 391. The summed E-state index contributed by atoms with van der Waals surface area (Å²) in [6.45, 7) is 3.95. The fraction of sp³-hybridized carbons (Fsp3) is 0.462. The van der Waals surface area contributed by atoms with E-state index in [1.54, 1.807) is 6.92 Å². The minimum absolute atomic E-state index is 0.247. The van der Waals surface area contributed by atoms with Crippen LogP contribution in [0.5, 0.6) is 0 Å². The van der Waals surface area contributed by atoms with Crippen molar-refractivity contribution < 1.29 is 9.53 Å². The lowest BCUT2D eigenvalue weighted by Gasteiger charge is -2.21. The smallest absolute Gasteiger partial charge is 0.326 e. The van der Waals surface area contributed by atoms with Crippen LogP contribution in [0.15, 0.2) is 28.7 Å². The van der Waals surface area contributed by atoms with Crippen molar-refractivity contribution in [2.24, 2.45) is 5.73 Å². The van der Waals surface area contributed by atoms with Crippen LogP contribution in [0.2, 0.25) is 0 Å². The third kappa shape index (κ3) is 4.13. The summed E-state index contributed by atoms with van der Waals surface area (Å²) in [6.07, 6.45) is 1.49. The van der Waals surface area contributed by atoms with Gasteiger partial charge < -0.3 is 10.5 Å². The lowest BCUT2D eigenvalue weighted by molar-refractivity contribution is -0.151. The number of halogens is 1. The first kappa shape index (κ1) is 14.2. The van der Waals surface area contributed by atoms with E-state index >= 15 is 0 Å². The first-order valence-corrected chi connectivity index (χ1v) is 6.46. The quantitative estimate of drug-likeness (QED) is 0.850. The van der Waals surface area contributed by atoms with Crippen LogP contribution in [0.3, 0.4) is 0 Å². The molecule has 0 aliphatic carbocycles. The van der Waals surface area contributed by atoms with Gasteiger partial charge in [-0.05, 0) is 19.4 Å². The molecule has 0 heterocycles. The number of hydrogen-bond acceptors (Lipinski definition) is 3. The summed E-state index contributed by atoms with van der Waals surface area (Å²) in [4.78, 5) is 11.8. The Morgan fingerprint density at radius 1 is 1.47 bits per heavy atom. The Hall–Kier alpha value is -0.870. The van der Waals surface area contributed by atoms with Gasteiger partial charge in [-0.1, -0.05) is 47.5 Å². The number of esters is 1. The molecule has 0 bridgehead atoms. The van der Waals surface area contributed by atoms with Crippen molar-refractivity contribution in [3.05, 3.63) is 34.3 Å². The van der Waals surface area contributed by atoms with Crippen LogP contribution in [0.25, 0.3) is 0 Å². The largest absolute Gasteiger partial charge is 0.459 e. The molecule has 2 N–H and O–H groups in total. The minimum Gasteiger partial charge on any atom is -0.459 e. The summed E-state index contributed by atoms with van der Waals surface area (Å²) < 4.78 is 6.16. The Kier molecular flexibility index (Phi) is 5.15. The van der Waals surface area contributed by atoms with Crippen LogP contribution < -0.4 is 5.73 Å². The first-order valence-electron chi connectivity index (χ1n) is 5.67. The van der Waals surface area contributed by atoms with E-state index in [4.69, 9.17) is 10.5 Å². The maximum atomic E-state index is 11.8. The molecule has 0 aliphatic rings. The number of nitrogens with two attached hydrogens (primary N) is 1. The zero-order valence-corrected chi connectivity index (χ0v) is 11.8. The van der Waals surface area contributed by atoms with Crippen molar-refractivity contribution in [1.82, 2.24) is 0 Å². The molecule has 0 radical (unpaired) electrons. The number of benzene rings is 1. The second-order valence-electron chi connectivity index (χ2n) is 4.34. The molecule has 4 heteroatoms. The highest BCUT2D eigenvalue weighted by molar-refractivity contribution is 9.10.